The second kappa shape index (κ2) is 7.51. The number of aromatic nitrogens is 3. The van der Waals surface area contributed by atoms with Crippen molar-refractivity contribution in [1.29, 1.82) is 0 Å². The van der Waals surface area contributed by atoms with Gasteiger partial charge in [-0.15, -0.1) is 0 Å². The largest absolute Gasteiger partial charge is 0.480 e. The van der Waals surface area contributed by atoms with Crippen LogP contribution in [-0.2, 0) is 11.3 Å². The third-order valence-electron chi connectivity index (χ3n) is 3.96. The maximum absolute atomic E-state index is 12.8. The van der Waals surface area contributed by atoms with Gasteiger partial charge in [-0.3, -0.25) is 23.9 Å². The van der Waals surface area contributed by atoms with E-state index in [0.717, 1.165) is 4.90 Å². The lowest BCUT2D eigenvalue weighted by atomic mass is 10.0. The first kappa shape index (κ1) is 19.4. The highest BCUT2D eigenvalue weighted by Gasteiger charge is 2.23. The van der Waals surface area contributed by atoms with Gasteiger partial charge in [-0.25, -0.2) is 9.78 Å². The normalized spacial score (nSPS) is 11.1. The van der Waals surface area contributed by atoms with Gasteiger partial charge in [0.1, 0.15) is 6.54 Å². The molecule has 9 heteroatoms. The number of nitrogens with one attached hydrogen (secondary N) is 1. The number of aromatic amines is 1. The third-order valence-corrected chi connectivity index (χ3v) is 3.96. The summed E-state index contributed by atoms with van der Waals surface area (Å²) >= 11 is 0. The van der Waals surface area contributed by atoms with Crippen LogP contribution in [0, 0.1) is 0 Å². The summed E-state index contributed by atoms with van der Waals surface area (Å²) in [5.74, 6) is -1.84. The van der Waals surface area contributed by atoms with E-state index in [9.17, 15) is 19.2 Å². The highest BCUT2D eigenvalue weighted by atomic mass is 16.4. The van der Waals surface area contributed by atoms with Crippen LogP contribution in [-0.4, -0.2) is 50.0 Å². The molecule has 2 heterocycles. The summed E-state index contributed by atoms with van der Waals surface area (Å²) in [6.45, 7) is 5.45. The summed E-state index contributed by atoms with van der Waals surface area (Å²) in [5.41, 5.74) is -0.589. The molecule has 0 saturated carbocycles. The van der Waals surface area contributed by atoms with Crippen LogP contribution in [0.5, 0.6) is 0 Å². The monoisotopic (exact) mass is 362 g/mol. The number of carboxylic acid groups (broad SMARTS) is 1. The number of hydrogen-bond acceptors (Lipinski definition) is 5. The number of likely N-dealkylation sites (N-methyl/N-ethyl adjacent to an activating group) is 1. The molecule has 2 N–H and O–H groups in total. The molecule has 0 aliphatic heterocycles. The Balaban J connectivity index is 2.86. The molecular formula is C17H22N4O5. The van der Waals surface area contributed by atoms with Crippen molar-refractivity contribution < 1.29 is 14.7 Å². The summed E-state index contributed by atoms with van der Waals surface area (Å²) in [6.07, 6.45) is 0.636. The molecule has 2 aromatic heterocycles. The number of fused-ring (bicyclic) bond motifs is 1. The fourth-order valence-corrected chi connectivity index (χ4v) is 2.67. The van der Waals surface area contributed by atoms with Crippen LogP contribution in [0.15, 0.2) is 15.7 Å². The molecule has 0 spiro atoms. The number of carbonyl (C=O) groups is 2. The first-order valence-corrected chi connectivity index (χ1v) is 8.32. The lowest BCUT2D eigenvalue weighted by Crippen LogP contribution is -2.35. The Morgan fingerprint density at radius 1 is 1.35 bits per heavy atom. The Labute approximate surface area is 149 Å². The minimum absolute atomic E-state index is 0.00955. The summed E-state index contributed by atoms with van der Waals surface area (Å²) in [7, 11) is 1.34. The third kappa shape index (κ3) is 3.66. The van der Waals surface area contributed by atoms with Gasteiger partial charge in [-0.05, 0) is 18.4 Å². The topological polar surface area (TPSA) is 125 Å². The van der Waals surface area contributed by atoms with E-state index in [2.05, 4.69) is 9.97 Å². The number of carboxylic acids is 1. The van der Waals surface area contributed by atoms with Gasteiger partial charge in [0.15, 0.2) is 5.65 Å². The zero-order valence-electron chi connectivity index (χ0n) is 15.2. The van der Waals surface area contributed by atoms with Gasteiger partial charge in [0.25, 0.3) is 11.5 Å². The summed E-state index contributed by atoms with van der Waals surface area (Å²) in [4.78, 5) is 55.9. The Bertz CT molecular complexity index is 974. The smallest absolute Gasteiger partial charge is 0.329 e. The van der Waals surface area contributed by atoms with Crippen molar-refractivity contribution in [2.75, 3.05) is 13.6 Å². The molecule has 0 fully saturated rings. The maximum Gasteiger partial charge on any atom is 0.329 e. The van der Waals surface area contributed by atoms with Gasteiger partial charge < -0.3 is 10.0 Å². The number of pyridine rings is 1. The van der Waals surface area contributed by atoms with Crippen molar-refractivity contribution in [2.45, 2.75) is 39.7 Å². The van der Waals surface area contributed by atoms with Gasteiger partial charge in [-0.2, -0.15) is 0 Å². The number of aryl methyl sites for hydroxylation is 1. The van der Waals surface area contributed by atoms with Crippen LogP contribution in [0.3, 0.4) is 0 Å². The zero-order chi connectivity index (χ0) is 19.6. The Morgan fingerprint density at radius 3 is 2.54 bits per heavy atom. The minimum Gasteiger partial charge on any atom is -0.480 e. The molecule has 0 aromatic carbocycles. The molecule has 140 valence electrons. The second-order valence-electron chi connectivity index (χ2n) is 6.41. The summed E-state index contributed by atoms with van der Waals surface area (Å²) in [6, 6.07) is 1.49. The number of aliphatic carboxylic acids is 1. The number of nitrogens with zero attached hydrogens (tertiary/aromatic N) is 3. The fourth-order valence-electron chi connectivity index (χ4n) is 2.67. The average molecular weight is 362 g/mol. The quantitative estimate of drug-likeness (QED) is 0.782. The highest BCUT2D eigenvalue weighted by molar-refractivity contribution is 6.05. The molecule has 0 aliphatic carbocycles. The van der Waals surface area contributed by atoms with Crippen molar-refractivity contribution in [1.82, 2.24) is 19.4 Å². The predicted octanol–water partition coefficient (Wildman–Crippen LogP) is 0.775. The Hall–Kier alpha value is -2.97. The fraction of sp³-hybridized carbons (Fsp3) is 0.471. The molecule has 0 atom stereocenters. The predicted molar refractivity (Wildman–Crippen MR) is 95.6 cm³/mol. The van der Waals surface area contributed by atoms with Gasteiger partial charge in [0.2, 0.25) is 0 Å². The molecule has 0 saturated heterocycles. The second-order valence-corrected chi connectivity index (χ2v) is 6.41. The van der Waals surface area contributed by atoms with E-state index >= 15 is 0 Å². The lowest BCUT2D eigenvalue weighted by Gasteiger charge is -2.18. The number of hydrogen-bond donors (Lipinski definition) is 2. The molecular weight excluding hydrogens is 340 g/mol. The van der Waals surface area contributed by atoms with Gasteiger partial charge >= 0.3 is 11.7 Å². The maximum atomic E-state index is 12.8. The van der Waals surface area contributed by atoms with E-state index in [0.29, 0.717) is 18.7 Å². The van der Waals surface area contributed by atoms with Crippen LogP contribution in [0.2, 0.25) is 0 Å². The van der Waals surface area contributed by atoms with E-state index in [1.54, 1.807) is 0 Å². The molecule has 1 amide bonds. The van der Waals surface area contributed by atoms with Crippen LogP contribution in [0.1, 0.15) is 49.2 Å². The van der Waals surface area contributed by atoms with Crippen molar-refractivity contribution >= 4 is 22.9 Å². The van der Waals surface area contributed by atoms with E-state index in [1.165, 1.54) is 17.7 Å². The minimum atomic E-state index is -1.17. The molecule has 2 rings (SSSR count). The first-order valence-electron chi connectivity index (χ1n) is 8.32. The van der Waals surface area contributed by atoms with Gasteiger partial charge in [0, 0.05) is 19.3 Å². The van der Waals surface area contributed by atoms with Crippen LogP contribution in [0.4, 0.5) is 0 Å². The standard InChI is InChI=1S/C17H22N4O5/c1-5-6-21-14-13(15(24)19-17(21)26)10(7-11(18-14)9(2)3)16(25)20(4)8-12(22)23/h7,9H,5-6,8H2,1-4H3,(H,22,23)(H,19,24,26). The molecule has 26 heavy (non-hydrogen) atoms. The SMILES string of the molecule is CCCn1c(=O)[nH]c(=O)c2c(C(=O)N(C)CC(=O)O)cc(C(C)C)nc21. The molecule has 0 aliphatic rings. The summed E-state index contributed by atoms with van der Waals surface area (Å²) < 4.78 is 1.33. The molecule has 0 unspecified atom stereocenters. The Kier molecular flexibility index (Phi) is 5.59. The number of H-pyrrole nitrogens is 1. The zero-order valence-corrected chi connectivity index (χ0v) is 15.2. The number of carbonyl (C=O) groups excluding carboxylic acids is 1. The van der Waals surface area contributed by atoms with Crippen molar-refractivity contribution in [2.24, 2.45) is 0 Å². The van der Waals surface area contributed by atoms with E-state index in [4.69, 9.17) is 5.11 Å². The van der Waals surface area contributed by atoms with Crippen molar-refractivity contribution in [3.05, 3.63) is 38.2 Å². The van der Waals surface area contributed by atoms with Crippen LogP contribution in [0.25, 0.3) is 11.0 Å². The average Bonchev–Trinajstić information content (AvgIpc) is 2.55. The van der Waals surface area contributed by atoms with E-state index in [1.807, 2.05) is 20.8 Å². The summed E-state index contributed by atoms with van der Waals surface area (Å²) in [5, 5.41) is 8.91. The van der Waals surface area contributed by atoms with Crippen LogP contribution >= 0.6 is 0 Å². The number of amides is 1. The molecule has 2 aromatic rings. The first-order chi connectivity index (χ1) is 12.2. The lowest BCUT2D eigenvalue weighted by molar-refractivity contribution is -0.137. The highest BCUT2D eigenvalue weighted by Crippen LogP contribution is 2.21. The number of rotatable bonds is 6. The van der Waals surface area contributed by atoms with Crippen LogP contribution < -0.4 is 11.2 Å². The van der Waals surface area contributed by atoms with E-state index in [-0.39, 0.29) is 22.5 Å². The molecule has 9 nitrogen and oxygen atoms in total. The van der Waals surface area contributed by atoms with Crippen molar-refractivity contribution in [3.63, 3.8) is 0 Å². The molecule has 0 radical (unpaired) electrons. The Morgan fingerprint density at radius 2 is 2.00 bits per heavy atom. The van der Waals surface area contributed by atoms with Gasteiger partial charge in [0.05, 0.1) is 10.9 Å². The molecule has 0 bridgehead atoms. The van der Waals surface area contributed by atoms with Crippen molar-refractivity contribution in [3.8, 4) is 0 Å². The van der Waals surface area contributed by atoms with Gasteiger partial charge in [-0.1, -0.05) is 20.8 Å². The van der Waals surface area contributed by atoms with E-state index < -0.39 is 29.7 Å².